The number of ether oxygens (including phenoxy) is 1. The zero-order valence-corrected chi connectivity index (χ0v) is 21.8. The molecule has 0 aliphatic carbocycles. The van der Waals surface area contributed by atoms with Crippen molar-refractivity contribution in [2.45, 2.75) is 58.4 Å². The number of fused-ring (bicyclic) bond motifs is 1. The van der Waals surface area contributed by atoms with E-state index < -0.39 is 0 Å². The van der Waals surface area contributed by atoms with Crippen LogP contribution in [0.2, 0.25) is 0 Å². The van der Waals surface area contributed by atoms with Crippen LogP contribution in [0.4, 0.5) is 4.39 Å². The number of benzene rings is 3. The minimum atomic E-state index is -0.349. The quantitative estimate of drug-likeness (QED) is 0.203. The molecule has 5 nitrogen and oxygen atoms in total. The smallest absolute Gasteiger partial charge is 0.251 e. The Hall–Kier alpha value is -3.67. The molecule has 0 saturated heterocycles. The molecule has 0 radical (unpaired) electrons. The summed E-state index contributed by atoms with van der Waals surface area (Å²) in [5, 5.41) is 2.92. The van der Waals surface area contributed by atoms with Crippen molar-refractivity contribution >= 4 is 16.9 Å². The van der Waals surface area contributed by atoms with E-state index in [1.54, 1.807) is 0 Å². The van der Waals surface area contributed by atoms with E-state index in [4.69, 9.17) is 9.72 Å². The topological polar surface area (TPSA) is 56.1 Å². The molecule has 1 unspecified atom stereocenters. The molecule has 0 spiro atoms. The van der Waals surface area contributed by atoms with Crippen molar-refractivity contribution in [1.29, 1.82) is 0 Å². The zero-order chi connectivity index (χ0) is 26.0. The Bertz CT molecular complexity index is 1280. The van der Waals surface area contributed by atoms with E-state index in [1.807, 2.05) is 18.2 Å². The molecule has 0 saturated carbocycles. The van der Waals surface area contributed by atoms with Crippen LogP contribution in [0, 0.1) is 5.82 Å². The van der Waals surface area contributed by atoms with Gasteiger partial charge in [-0.1, -0.05) is 38.1 Å². The fourth-order valence-corrected chi connectivity index (χ4v) is 4.41. The van der Waals surface area contributed by atoms with Crippen molar-refractivity contribution < 1.29 is 13.9 Å². The van der Waals surface area contributed by atoms with Gasteiger partial charge in [-0.25, -0.2) is 9.37 Å². The van der Waals surface area contributed by atoms with E-state index in [9.17, 15) is 9.18 Å². The first-order chi connectivity index (χ1) is 18.0. The predicted octanol–water partition coefficient (Wildman–Crippen LogP) is 6.91. The first-order valence-electron chi connectivity index (χ1n) is 13.3. The van der Waals surface area contributed by atoms with Crippen LogP contribution in [0.1, 0.15) is 67.2 Å². The van der Waals surface area contributed by atoms with Gasteiger partial charge in [0.2, 0.25) is 0 Å². The van der Waals surface area contributed by atoms with Crippen molar-refractivity contribution in [2.75, 3.05) is 13.2 Å². The van der Waals surface area contributed by atoms with E-state index in [0.29, 0.717) is 24.6 Å². The standard InChI is InChI=1S/C31H36FN3O2/c1-3-23(2)24-14-18-27(19-15-24)37-22-7-6-21-35-29-10-5-4-9-28(29)34-30(35)11-8-20-33-31(36)25-12-16-26(32)17-13-25/h4-5,9-10,12-19,23H,3,6-8,11,20-22H2,1-2H3,(H,33,36). The fraction of sp³-hybridized carbons (Fsp3) is 0.355. The van der Waals surface area contributed by atoms with Crippen LogP contribution in [-0.4, -0.2) is 28.6 Å². The molecule has 0 bridgehead atoms. The molecule has 1 atom stereocenters. The van der Waals surface area contributed by atoms with Crippen molar-refractivity contribution in [1.82, 2.24) is 14.9 Å². The van der Waals surface area contributed by atoms with Crippen LogP contribution in [0.5, 0.6) is 5.75 Å². The number of amides is 1. The number of carbonyl (C=O) groups excluding carboxylic acids is 1. The van der Waals surface area contributed by atoms with Gasteiger partial charge in [0.15, 0.2) is 0 Å². The maximum absolute atomic E-state index is 13.1. The summed E-state index contributed by atoms with van der Waals surface area (Å²) in [6, 6.07) is 22.2. The van der Waals surface area contributed by atoms with Crippen LogP contribution in [0.25, 0.3) is 11.0 Å². The van der Waals surface area contributed by atoms with Gasteiger partial charge in [0.25, 0.3) is 5.91 Å². The van der Waals surface area contributed by atoms with E-state index in [1.165, 1.54) is 29.8 Å². The molecular formula is C31H36FN3O2. The van der Waals surface area contributed by atoms with Crippen molar-refractivity contribution in [3.63, 3.8) is 0 Å². The number of aromatic nitrogens is 2. The number of nitrogens with zero attached hydrogens (tertiary/aromatic N) is 2. The molecule has 37 heavy (non-hydrogen) atoms. The number of imidazole rings is 1. The lowest BCUT2D eigenvalue weighted by Gasteiger charge is -2.12. The highest BCUT2D eigenvalue weighted by Crippen LogP contribution is 2.22. The molecule has 1 N–H and O–H groups in total. The lowest BCUT2D eigenvalue weighted by atomic mass is 9.99. The molecule has 0 fully saturated rings. The Labute approximate surface area is 218 Å². The number of carbonyl (C=O) groups is 1. The van der Waals surface area contributed by atoms with Gasteiger partial charge in [0, 0.05) is 25.1 Å². The number of halogens is 1. The van der Waals surface area contributed by atoms with Gasteiger partial charge in [-0.15, -0.1) is 0 Å². The summed E-state index contributed by atoms with van der Waals surface area (Å²) < 4.78 is 21.3. The molecular weight excluding hydrogens is 465 g/mol. The third-order valence-electron chi connectivity index (χ3n) is 6.81. The zero-order valence-electron chi connectivity index (χ0n) is 21.8. The average molecular weight is 502 g/mol. The number of hydrogen-bond donors (Lipinski definition) is 1. The van der Waals surface area contributed by atoms with Gasteiger partial charge in [0.1, 0.15) is 17.4 Å². The molecule has 0 aliphatic rings. The average Bonchev–Trinajstić information content (AvgIpc) is 3.28. The Balaban J connectivity index is 1.26. The largest absolute Gasteiger partial charge is 0.494 e. The minimum Gasteiger partial charge on any atom is -0.494 e. The van der Waals surface area contributed by atoms with Crippen LogP contribution in [0.15, 0.2) is 72.8 Å². The Morgan fingerprint density at radius 2 is 1.76 bits per heavy atom. The molecule has 1 amide bonds. The molecule has 4 rings (SSSR count). The van der Waals surface area contributed by atoms with Crippen LogP contribution >= 0.6 is 0 Å². The number of unbranched alkanes of at least 4 members (excludes halogenated alkanes) is 1. The molecule has 1 heterocycles. The van der Waals surface area contributed by atoms with Gasteiger partial charge < -0.3 is 14.6 Å². The molecule has 0 aliphatic heterocycles. The highest BCUT2D eigenvalue weighted by Gasteiger charge is 2.11. The number of rotatable bonds is 13. The molecule has 4 aromatic rings. The van der Waals surface area contributed by atoms with Gasteiger partial charge >= 0.3 is 0 Å². The van der Waals surface area contributed by atoms with Gasteiger partial charge in [0.05, 0.1) is 17.6 Å². The SMILES string of the molecule is CCC(C)c1ccc(OCCCCn2c(CCCNC(=O)c3ccc(F)cc3)nc3ccccc32)cc1. The summed E-state index contributed by atoms with van der Waals surface area (Å²) >= 11 is 0. The summed E-state index contributed by atoms with van der Waals surface area (Å²) in [4.78, 5) is 17.1. The Morgan fingerprint density at radius 3 is 2.51 bits per heavy atom. The van der Waals surface area contributed by atoms with Crippen molar-refractivity contribution in [3.05, 3.63) is 95.6 Å². The second-order valence-electron chi connectivity index (χ2n) is 9.47. The molecule has 194 valence electrons. The van der Waals surface area contributed by atoms with Gasteiger partial charge in [-0.05, 0) is 85.7 Å². The molecule has 1 aromatic heterocycles. The summed E-state index contributed by atoms with van der Waals surface area (Å²) in [6.45, 7) is 6.53. The summed E-state index contributed by atoms with van der Waals surface area (Å²) in [5.41, 5.74) is 3.94. The third-order valence-corrected chi connectivity index (χ3v) is 6.81. The second kappa shape index (κ2) is 13.0. The minimum absolute atomic E-state index is 0.192. The Kier molecular flexibility index (Phi) is 9.30. The van der Waals surface area contributed by atoms with Crippen molar-refractivity contribution in [2.24, 2.45) is 0 Å². The first-order valence-corrected chi connectivity index (χ1v) is 13.3. The lowest BCUT2D eigenvalue weighted by Crippen LogP contribution is -2.25. The number of aryl methyl sites for hydroxylation is 2. The number of hydrogen-bond acceptors (Lipinski definition) is 3. The van der Waals surface area contributed by atoms with E-state index in [2.05, 4.69) is 54.1 Å². The van der Waals surface area contributed by atoms with Gasteiger partial charge in [-0.2, -0.15) is 0 Å². The molecule has 3 aromatic carbocycles. The summed E-state index contributed by atoms with van der Waals surface area (Å²) in [7, 11) is 0. The maximum atomic E-state index is 13.1. The van der Waals surface area contributed by atoms with E-state index >= 15 is 0 Å². The van der Waals surface area contributed by atoms with Crippen molar-refractivity contribution in [3.8, 4) is 5.75 Å². The maximum Gasteiger partial charge on any atom is 0.251 e. The lowest BCUT2D eigenvalue weighted by molar-refractivity contribution is 0.0953. The first kappa shape index (κ1) is 26.4. The second-order valence-corrected chi connectivity index (χ2v) is 9.47. The van der Waals surface area contributed by atoms with Crippen LogP contribution in [0.3, 0.4) is 0 Å². The predicted molar refractivity (Wildman–Crippen MR) is 147 cm³/mol. The third kappa shape index (κ3) is 7.19. The highest BCUT2D eigenvalue weighted by atomic mass is 19.1. The number of para-hydroxylation sites is 2. The monoisotopic (exact) mass is 501 g/mol. The number of nitrogens with one attached hydrogen (secondary N) is 1. The van der Waals surface area contributed by atoms with E-state index in [0.717, 1.165) is 61.3 Å². The van der Waals surface area contributed by atoms with Crippen LogP contribution < -0.4 is 10.1 Å². The van der Waals surface area contributed by atoms with Gasteiger partial charge in [-0.3, -0.25) is 4.79 Å². The summed E-state index contributed by atoms with van der Waals surface area (Å²) in [5.74, 6) is 1.97. The normalized spacial score (nSPS) is 12.0. The van der Waals surface area contributed by atoms with E-state index in [-0.39, 0.29) is 11.7 Å². The summed E-state index contributed by atoms with van der Waals surface area (Å²) in [6.07, 6.45) is 4.60. The fourth-order valence-electron chi connectivity index (χ4n) is 4.41. The Morgan fingerprint density at radius 1 is 1.00 bits per heavy atom. The molecule has 6 heteroatoms. The highest BCUT2D eigenvalue weighted by molar-refractivity contribution is 5.94. The van der Waals surface area contributed by atoms with Crippen LogP contribution in [-0.2, 0) is 13.0 Å².